The monoisotopic (exact) mass is 349 g/mol. The third-order valence-corrected chi connectivity index (χ3v) is 3.49. The van der Waals surface area contributed by atoms with Crippen LogP contribution in [0.15, 0.2) is 17.2 Å². The van der Waals surface area contributed by atoms with Gasteiger partial charge in [0.05, 0.1) is 6.33 Å². The summed E-state index contributed by atoms with van der Waals surface area (Å²) >= 11 is 0. The van der Waals surface area contributed by atoms with Gasteiger partial charge in [-0.3, -0.25) is 23.7 Å². The lowest BCUT2D eigenvalue weighted by Gasteiger charge is -2.31. The van der Waals surface area contributed by atoms with Gasteiger partial charge in [-0.2, -0.15) is 4.90 Å². The fraction of sp³-hybridized carbons (Fsp3) is 0.500. The summed E-state index contributed by atoms with van der Waals surface area (Å²) in [6.45, 7) is 6.09. The van der Waals surface area contributed by atoms with Crippen LogP contribution in [0.5, 0.6) is 0 Å². The van der Waals surface area contributed by atoms with Crippen molar-refractivity contribution in [3.63, 3.8) is 0 Å². The van der Waals surface area contributed by atoms with Gasteiger partial charge in [0.1, 0.15) is 17.3 Å². The highest BCUT2D eigenvalue weighted by Crippen LogP contribution is 2.24. The number of carbonyl (C=O) groups excluding carboxylic acids is 4. The largest absolute Gasteiger partial charge is 0.443 e. The van der Waals surface area contributed by atoms with Crippen LogP contribution in [0.2, 0.25) is 0 Å². The molecule has 2 rings (SSSR count). The highest BCUT2D eigenvalue weighted by atomic mass is 16.6. The fourth-order valence-corrected chi connectivity index (χ4v) is 2.36. The molecule has 0 N–H and O–H groups in total. The molecule has 1 aliphatic heterocycles. The molecule has 3 amide bonds. The van der Waals surface area contributed by atoms with E-state index in [-0.39, 0.29) is 24.3 Å². The molecule has 9 heteroatoms. The summed E-state index contributed by atoms with van der Waals surface area (Å²) in [6.07, 6.45) is -0.0484. The topological polar surface area (TPSA) is 116 Å². The van der Waals surface area contributed by atoms with E-state index >= 15 is 0 Å². The average molecular weight is 349 g/mol. The molecular formula is C16H19N3O6. The highest BCUT2D eigenvalue weighted by molar-refractivity contribution is 6.11. The normalized spacial score (nSPS) is 18.2. The second-order valence-corrected chi connectivity index (χ2v) is 6.68. The van der Waals surface area contributed by atoms with E-state index in [1.165, 1.54) is 6.92 Å². The molecule has 1 atom stereocenters. The van der Waals surface area contributed by atoms with E-state index < -0.39 is 35.1 Å². The Hall–Kier alpha value is -2.84. The number of aromatic nitrogens is 2. The van der Waals surface area contributed by atoms with Crippen molar-refractivity contribution in [2.75, 3.05) is 0 Å². The Morgan fingerprint density at radius 1 is 1.24 bits per heavy atom. The number of hydrogen-bond donors (Lipinski definition) is 0. The van der Waals surface area contributed by atoms with Crippen molar-refractivity contribution >= 4 is 23.7 Å². The van der Waals surface area contributed by atoms with E-state index in [0.717, 1.165) is 17.0 Å². The number of amides is 3. The van der Waals surface area contributed by atoms with Crippen LogP contribution in [0, 0.1) is 0 Å². The first-order valence-electron chi connectivity index (χ1n) is 7.70. The number of piperidine rings is 1. The van der Waals surface area contributed by atoms with E-state index in [1.54, 1.807) is 20.8 Å². The molecule has 0 aromatic carbocycles. The molecule has 1 fully saturated rings. The Labute approximate surface area is 143 Å². The van der Waals surface area contributed by atoms with E-state index in [9.17, 15) is 24.0 Å². The van der Waals surface area contributed by atoms with Crippen molar-refractivity contribution in [3.05, 3.63) is 28.4 Å². The molecular weight excluding hydrogens is 330 g/mol. The van der Waals surface area contributed by atoms with Crippen molar-refractivity contribution in [3.8, 4) is 0 Å². The summed E-state index contributed by atoms with van der Waals surface area (Å²) in [7, 11) is 0. The maximum absolute atomic E-state index is 12.6. The van der Waals surface area contributed by atoms with Gasteiger partial charge in [-0.1, -0.05) is 0 Å². The van der Waals surface area contributed by atoms with Gasteiger partial charge in [0, 0.05) is 19.4 Å². The summed E-state index contributed by atoms with van der Waals surface area (Å²) in [4.78, 5) is 64.4. The van der Waals surface area contributed by atoms with E-state index in [0.29, 0.717) is 4.90 Å². The van der Waals surface area contributed by atoms with Gasteiger partial charge in [0.2, 0.25) is 5.91 Å². The first-order chi connectivity index (χ1) is 11.5. The van der Waals surface area contributed by atoms with Gasteiger partial charge in [-0.15, -0.1) is 0 Å². The van der Waals surface area contributed by atoms with Crippen molar-refractivity contribution in [1.29, 1.82) is 0 Å². The SMILES string of the molecule is CC(=O)c1cc(=O)n(C2CCC(=O)N(C(=O)OC(C)(C)C)C2=O)cn1. The zero-order chi connectivity index (χ0) is 18.9. The Kier molecular flexibility index (Phi) is 4.87. The molecule has 0 radical (unpaired) electrons. The van der Waals surface area contributed by atoms with Gasteiger partial charge in [0.15, 0.2) is 5.78 Å². The van der Waals surface area contributed by atoms with Crippen LogP contribution >= 0.6 is 0 Å². The fourth-order valence-electron chi connectivity index (χ4n) is 2.36. The summed E-state index contributed by atoms with van der Waals surface area (Å²) in [5, 5.41) is 0. The third-order valence-electron chi connectivity index (χ3n) is 3.49. The van der Waals surface area contributed by atoms with Crippen LogP contribution in [-0.4, -0.2) is 43.7 Å². The molecule has 1 unspecified atom stereocenters. The summed E-state index contributed by atoms with van der Waals surface area (Å²) in [6, 6.07) is -0.0460. The van der Waals surface area contributed by atoms with Gasteiger partial charge in [0.25, 0.3) is 11.5 Å². The maximum atomic E-state index is 12.6. The van der Waals surface area contributed by atoms with Gasteiger partial charge < -0.3 is 4.74 Å². The van der Waals surface area contributed by atoms with E-state index in [2.05, 4.69) is 4.98 Å². The van der Waals surface area contributed by atoms with Crippen LogP contribution in [0.25, 0.3) is 0 Å². The number of imide groups is 3. The van der Waals surface area contributed by atoms with Crippen LogP contribution in [0.4, 0.5) is 4.79 Å². The molecule has 9 nitrogen and oxygen atoms in total. The Morgan fingerprint density at radius 2 is 1.88 bits per heavy atom. The number of hydrogen-bond acceptors (Lipinski definition) is 7. The Bertz CT molecular complexity index is 805. The van der Waals surface area contributed by atoms with Gasteiger partial charge in [-0.05, 0) is 27.2 Å². The van der Waals surface area contributed by atoms with Gasteiger partial charge >= 0.3 is 6.09 Å². The molecule has 1 saturated heterocycles. The number of ether oxygens (including phenoxy) is 1. The zero-order valence-corrected chi connectivity index (χ0v) is 14.4. The number of rotatable bonds is 2. The quantitative estimate of drug-likeness (QED) is 0.579. The molecule has 1 aromatic heterocycles. The maximum Gasteiger partial charge on any atom is 0.424 e. The minimum absolute atomic E-state index is 0.0235. The predicted octanol–water partition coefficient (Wildman–Crippen LogP) is 1.07. The highest BCUT2D eigenvalue weighted by Gasteiger charge is 2.41. The minimum atomic E-state index is -1.08. The Balaban J connectivity index is 2.34. The Morgan fingerprint density at radius 3 is 2.40 bits per heavy atom. The molecule has 0 saturated carbocycles. The summed E-state index contributed by atoms with van der Waals surface area (Å²) in [5.41, 5.74) is -1.52. The first kappa shape index (κ1) is 18.5. The molecule has 0 spiro atoms. The second kappa shape index (κ2) is 6.58. The van der Waals surface area contributed by atoms with Crippen LogP contribution in [0.3, 0.4) is 0 Å². The smallest absolute Gasteiger partial charge is 0.424 e. The summed E-state index contributed by atoms with van der Waals surface area (Å²) in [5.74, 6) is -1.92. The average Bonchev–Trinajstić information content (AvgIpc) is 2.46. The van der Waals surface area contributed by atoms with Gasteiger partial charge in [-0.25, -0.2) is 9.78 Å². The molecule has 25 heavy (non-hydrogen) atoms. The third kappa shape index (κ3) is 3.98. The lowest BCUT2D eigenvalue weighted by atomic mass is 10.0. The number of nitrogens with zero attached hydrogens (tertiary/aromatic N) is 3. The van der Waals surface area contributed by atoms with Crippen molar-refractivity contribution < 1.29 is 23.9 Å². The van der Waals surface area contributed by atoms with Crippen LogP contribution in [0.1, 0.15) is 57.1 Å². The molecule has 134 valence electrons. The molecule has 0 aliphatic carbocycles. The number of carbonyl (C=O) groups is 4. The number of Topliss-reactive ketones (excluding diaryl/α,β-unsaturated/α-hetero) is 1. The van der Waals surface area contributed by atoms with Crippen LogP contribution < -0.4 is 5.56 Å². The lowest BCUT2D eigenvalue weighted by Crippen LogP contribution is -2.51. The van der Waals surface area contributed by atoms with Crippen molar-refractivity contribution in [1.82, 2.24) is 14.5 Å². The lowest BCUT2D eigenvalue weighted by molar-refractivity contribution is -0.149. The molecule has 0 bridgehead atoms. The minimum Gasteiger partial charge on any atom is -0.443 e. The summed E-state index contributed by atoms with van der Waals surface area (Å²) < 4.78 is 6.09. The van der Waals surface area contributed by atoms with Crippen LogP contribution in [-0.2, 0) is 14.3 Å². The second-order valence-electron chi connectivity index (χ2n) is 6.68. The molecule has 1 aromatic rings. The van der Waals surface area contributed by atoms with Crippen molar-refractivity contribution in [2.24, 2.45) is 0 Å². The van der Waals surface area contributed by atoms with Crippen molar-refractivity contribution in [2.45, 2.75) is 52.2 Å². The van der Waals surface area contributed by atoms with E-state index in [1.807, 2.05) is 0 Å². The molecule has 1 aliphatic rings. The number of ketones is 1. The predicted molar refractivity (Wildman–Crippen MR) is 84.9 cm³/mol. The molecule has 2 heterocycles. The zero-order valence-electron chi connectivity index (χ0n) is 14.4. The van der Waals surface area contributed by atoms with E-state index in [4.69, 9.17) is 4.74 Å². The first-order valence-corrected chi connectivity index (χ1v) is 7.70. The number of likely N-dealkylation sites (tertiary alicyclic amines) is 1. The standard InChI is InChI=1S/C16H19N3O6/c1-9(20)10-7-13(22)18(8-17-10)11-5-6-12(21)19(14(11)23)15(24)25-16(2,3)4/h7-8,11H,5-6H2,1-4H3.